The Hall–Kier alpha value is -1.56. The van der Waals surface area contributed by atoms with E-state index in [1.54, 1.807) is 11.9 Å². The monoisotopic (exact) mass is 353 g/mol. The summed E-state index contributed by atoms with van der Waals surface area (Å²) in [4.78, 5) is 17.7. The van der Waals surface area contributed by atoms with Crippen LogP contribution in [0.3, 0.4) is 0 Å². The van der Waals surface area contributed by atoms with Crippen LogP contribution >= 0.6 is 15.9 Å². The smallest absolute Gasteiger partial charge is 0.410 e. The van der Waals surface area contributed by atoms with Gasteiger partial charge < -0.3 is 14.2 Å². The molecule has 0 aliphatic rings. The molecule has 2 aromatic heterocycles. The van der Waals surface area contributed by atoms with Crippen LogP contribution in [0, 0.1) is 0 Å². The Bertz CT molecular complexity index is 646. The van der Waals surface area contributed by atoms with Gasteiger partial charge in [-0.05, 0) is 48.8 Å². The molecule has 2 rings (SSSR count). The van der Waals surface area contributed by atoms with E-state index < -0.39 is 5.60 Å². The van der Waals surface area contributed by atoms with Crippen molar-refractivity contribution in [3.8, 4) is 0 Å². The number of nitrogens with zero attached hydrogens (tertiary/aromatic N) is 3. The van der Waals surface area contributed by atoms with Crippen LogP contribution in [0.2, 0.25) is 0 Å². The number of hydrogen-bond donors (Lipinski definition) is 0. The van der Waals surface area contributed by atoms with Gasteiger partial charge in [-0.2, -0.15) is 0 Å². The third-order valence-electron chi connectivity index (χ3n) is 3.01. The zero-order chi connectivity index (χ0) is 15.6. The van der Waals surface area contributed by atoms with E-state index >= 15 is 0 Å². The topological polar surface area (TPSA) is 47.4 Å². The maximum Gasteiger partial charge on any atom is 0.410 e. The first-order valence-corrected chi connectivity index (χ1v) is 7.60. The summed E-state index contributed by atoms with van der Waals surface area (Å²) in [5, 5.41) is 1.12. The number of ether oxygens (including phenoxy) is 1. The zero-order valence-electron chi connectivity index (χ0n) is 12.8. The molecule has 21 heavy (non-hydrogen) atoms. The van der Waals surface area contributed by atoms with Crippen molar-refractivity contribution in [2.24, 2.45) is 0 Å². The molecule has 2 heterocycles. The number of carbonyl (C=O) groups is 1. The van der Waals surface area contributed by atoms with Gasteiger partial charge in [0.15, 0.2) is 0 Å². The molecule has 0 aliphatic heterocycles. The van der Waals surface area contributed by atoms with E-state index in [2.05, 4.69) is 25.5 Å². The van der Waals surface area contributed by atoms with Crippen molar-refractivity contribution in [3.63, 3.8) is 0 Å². The first kappa shape index (κ1) is 15.8. The maximum atomic E-state index is 11.9. The molecule has 0 fully saturated rings. The van der Waals surface area contributed by atoms with Crippen molar-refractivity contribution in [1.29, 1.82) is 0 Å². The molecule has 0 aliphatic carbocycles. The van der Waals surface area contributed by atoms with E-state index in [1.807, 2.05) is 45.3 Å². The SMILES string of the molecule is CN(CCn1ccc2cc(Br)ncc21)C(=O)OC(C)(C)C. The molecule has 0 unspecified atom stereocenters. The fourth-order valence-corrected chi connectivity index (χ4v) is 2.29. The summed E-state index contributed by atoms with van der Waals surface area (Å²) >= 11 is 3.36. The van der Waals surface area contributed by atoms with Gasteiger partial charge in [0.05, 0.1) is 11.7 Å². The fourth-order valence-electron chi connectivity index (χ4n) is 1.94. The van der Waals surface area contributed by atoms with Crippen LogP contribution in [0.15, 0.2) is 29.1 Å². The lowest BCUT2D eigenvalue weighted by Gasteiger charge is -2.24. The van der Waals surface area contributed by atoms with Crippen LogP contribution in [0.25, 0.3) is 10.9 Å². The highest BCUT2D eigenvalue weighted by atomic mass is 79.9. The van der Waals surface area contributed by atoms with E-state index in [1.165, 1.54) is 0 Å². The van der Waals surface area contributed by atoms with Crippen molar-refractivity contribution in [1.82, 2.24) is 14.5 Å². The van der Waals surface area contributed by atoms with Gasteiger partial charge in [0.1, 0.15) is 10.2 Å². The molecule has 0 atom stereocenters. The minimum Gasteiger partial charge on any atom is -0.444 e. The zero-order valence-corrected chi connectivity index (χ0v) is 14.3. The standard InChI is InChI=1S/C15H20BrN3O2/c1-15(2,3)21-14(20)18(4)7-8-19-6-5-11-9-13(16)17-10-12(11)19/h5-6,9-10H,7-8H2,1-4H3. The highest BCUT2D eigenvalue weighted by Gasteiger charge is 2.19. The van der Waals surface area contributed by atoms with Gasteiger partial charge in [-0.1, -0.05) is 0 Å². The van der Waals surface area contributed by atoms with Gasteiger partial charge in [-0.25, -0.2) is 9.78 Å². The van der Waals surface area contributed by atoms with Crippen molar-refractivity contribution in [2.45, 2.75) is 32.9 Å². The molecule has 0 spiro atoms. The van der Waals surface area contributed by atoms with Gasteiger partial charge >= 0.3 is 6.09 Å². The largest absolute Gasteiger partial charge is 0.444 e. The molecular formula is C15H20BrN3O2. The Morgan fingerprint density at radius 2 is 2.19 bits per heavy atom. The normalized spacial score (nSPS) is 11.7. The van der Waals surface area contributed by atoms with Gasteiger partial charge in [0.25, 0.3) is 0 Å². The number of amides is 1. The number of fused-ring (bicyclic) bond motifs is 1. The minimum absolute atomic E-state index is 0.306. The van der Waals surface area contributed by atoms with Gasteiger partial charge in [0, 0.05) is 31.7 Å². The number of rotatable bonds is 3. The van der Waals surface area contributed by atoms with Crippen molar-refractivity contribution < 1.29 is 9.53 Å². The molecule has 0 aromatic carbocycles. The molecule has 6 heteroatoms. The number of pyridine rings is 1. The third-order valence-corrected chi connectivity index (χ3v) is 3.44. The number of halogens is 1. The molecule has 0 saturated carbocycles. The van der Waals surface area contributed by atoms with Crippen LogP contribution in [-0.2, 0) is 11.3 Å². The first-order valence-electron chi connectivity index (χ1n) is 6.81. The summed E-state index contributed by atoms with van der Waals surface area (Å²) in [5.41, 5.74) is 0.581. The highest BCUT2D eigenvalue weighted by molar-refractivity contribution is 9.10. The quantitative estimate of drug-likeness (QED) is 0.791. The van der Waals surface area contributed by atoms with E-state index in [0.717, 1.165) is 15.5 Å². The fraction of sp³-hybridized carbons (Fsp3) is 0.467. The van der Waals surface area contributed by atoms with Crippen LogP contribution in [-0.4, -0.2) is 39.7 Å². The van der Waals surface area contributed by atoms with Gasteiger partial charge in [-0.15, -0.1) is 0 Å². The lowest BCUT2D eigenvalue weighted by atomic mass is 10.2. The Kier molecular flexibility index (Phi) is 4.56. The summed E-state index contributed by atoms with van der Waals surface area (Å²) in [6.07, 6.45) is 3.52. The van der Waals surface area contributed by atoms with Crippen molar-refractivity contribution in [2.75, 3.05) is 13.6 Å². The average molecular weight is 354 g/mol. The minimum atomic E-state index is -0.471. The number of aromatic nitrogens is 2. The van der Waals surface area contributed by atoms with E-state index in [4.69, 9.17) is 4.74 Å². The van der Waals surface area contributed by atoms with Crippen molar-refractivity contribution >= 4 is 32.9 Å². The number of likely N-dealkylation sites (N-methyl/N-ethyl adjacent to an activating group) is 1. The highest BCUT2D eigenvalue weighted by Crippen LogP contribution is 2.18. The summed E-state index contributed by atoms with van der Waals surface area (Å²) in [6.45, 7) is 6.86. The maximum absolute atomic E-state index is 11.9. The lowest BCUT2D eigenvalue weighted by molar-refractivity contribution is 0.0294. The Balaban J connectivity index is 2.00. The Labute approximate surface area is 133 Å². The molecule has 5 nitrogen and oxygen atoms in total. The molecular weight excluding hydrogens is 334 g/mol. The molecule has 1 amide bonds. The molecule has 0 N–H and O–H groups in total. The second-order valence-electron chi connectivity index (χ2n) is 5.98. The van der Waals surface area contributed by atoms with Crippen molar-refractivity contribution in [3.05, 3.63) is 29.1 Å². The molecule has 0 saturated heterocycles. The average Bonchev–Trinajstić information content (AvgIpc) is 2.76. The summed E-state index contributed by atoms with van der Waals surface area (Å²) in [7, 11) is 1.74. The molecule has 114 valence electrons. The van der Waals surface area contributed by atoms with E-state index in [0.29, 0.717) is 13.1 Å². The second-order valence-corrected chi connectivity index (χ2v) is 6.79. The number of hydrogen-bond acceptors (Lipinski definition) is 3. The van der Waals surface area contributed by atoms with Gasteiger partial charge in [0.2, 0.25) is 0 Å². The van der Waals surface area contributed by atoms with E-state index in [9.17, 15) is 4.79 Å². The predicted molar refractivity (Wildman–Crippen MR) is 86.3 cm³/mol. The Morgan fingerprint density at radius 1 is 1.48 bits per heavy atom. The predicted octanol–water partition coefficient (Wildman–Crippen LogP) is 3.67. The summed E-state index contributed by atoms with van der Waals surface area (Å²) in [5.74, 6) is 0. The second kappa shape index (κ2) is 6.05. The molecule has 0 bridgehead atoms. The number of carbonyl (C=O) groups excluding carboxylic acids is 1. The summed E-state index contributed by atoms with van der Waals surface area (Å²) < 4.78 is 8.23. The first-order chi connectivity index (χ1) is 9.76. The van der Waals surface area contributed by atoms with Gasteiger partial charge in [-0.3, -0.25) is 0 Å². The molecule has 2 aromatic rings. The third kappa shape index (κ3) is 4.20. The van der Waals surface area contributed by atoms with E-state index in [-0.39, 0.29) is 6.09 Å². The lowest BCUT2D eigenvalue weighted by Crippen LogP contribution is -2.35. The van der Waals surface area contributed by atoms with Crippen LogP contribution in [0.1, 0.15) is 20.8 Å². The molecule has 0 radical (unpaired) electrons. The Morgan fingerprint density at radius 3 is 2.86 bits per heavy atom. The van der Waals surface area contributed by atoms with Crippen LogP contribution < -0.4 is 0 Å². The van der Waals surface area contributed by atoms with Crippen LogP contribution in [0.4, 0.5) is 4.79 Å². The van der Waals surface area contributed by atoms with Crippen LogP contribution in [0.5, 0.6) is 0 Å². The summed E-state index contributed by atoms with van der Waals surface area (Å²) in [6, 6.07) is 4.01.